The molecule has 0 saturated carbocycles. The van der Waals surface area contributed by atoms with E-state index in [-0.39, 0.29) is 12.5 Å². The lowest BCUT2D eigenvalue weighted by molar-refractivity contribution is -0.149. The zero-order chi connectivity index (χ0) is 29.9. The molecule has 0 bridgehead atoms. The predicted molar refractivity (Wildman–Crippen MR) is 166 cm³/mol. The monoisotopic (exact) mass is 577 g/mol. The van der Waals surface area contributed by atoms with Crippen LogP contribution in [0.1, 0.15) is 64.2 Å². The van der Waals surface area contributed by atoms with Gasteiger partial charge < -0.3 is 19.9 Å². The first-order chi connectivity index (χ1) is 19.4. The number of ether oxygens (including phenoxy) is 2. The van der Waals surface area contributed by atoms with Crippen LogP contribution in [-0.4, -0.2) is 53.2 Å². The molecule has 41 heavy (non-hydrogen) atoms. The van der Waals surface area contributed by atoms with Gasteiger partial charge in [-0.25, -0.2) is 4.79 Å². The van der Waals surface area contributed by atoms with Crippen molar-refractivity contribution >= 4 is 23.6 Å². The van der Waals surface area contributed by atoms with Gasteiger partial charge in [-0.1, -0.05) is 91.0 Å². The van der Waals surface area contributed by atoms with Crippen molar-refractivity contribution in [2.45, 2.75) is 69.5 Å². The molecular formula is C34H43NO5S. The molecule has 6 nitrogen and oxygen atoms in total. The van der Waals surface area contributed by atoms with Crippen LogP contribution in [0.5, 0.6) is 0 Å². The minimum Gasteiger partial charge on any atom is -0.464 e. The minimum atomic E-state index is -0.841. The van der Waals surface area contributed by atoms with Crippen molar-refractivity contribution in [3.8, 4) is 0 Å². The van der Waals surface area contributed by atoms with Crippen LogP contribution >= 0.6 is 11.8 Å². The zero-order valence-corrected chi connectivity index (χ0v) is 25.6. The lowest BCUT2D eigenvalue weighted by Crippen LogP contribution is -2.44. The van der Waals surface area contributed by atoms with E-state index < -0.39 is 28.0 Å². The van der Waals surface area contributed by atoms with Gasteiger partial charge in [0.15, 0.2) is 0 Å². The SMILES string of the molecule is CC(=O)N[C@@H](CSC(c1ccccc1)(c1ccccc1)c1ccccc1)C(=O)OCCC(C)(C)OCCC(C)(C)O. The Morgan fingerprint density at radius 3 is 1.66 bits per heavy atom. The first-order valence-electron chi connectivity index (χ1n) is 14.0. The molecule has 1 atom stereocenters. The predicted octanol–water partition coefficient (Wildman–Crippen LogP) is 6.11. The molecule has 0 fully saturated rings. The van der Waals surface area contributed by atoms with E-state index in [4.69, 9.17) is 9.47 Å². The first-order valence-corrected chi connectivity index (χ1v) is 15.0. The van der Waals surface area contributed by atoms with E-state index in [9.17, 15) is 14.7 Å². The summed E-state index contributed by atoms with van der Waals surface area (Å²) < 4.78 is 11.0. The lowest BCUT2D eigenvalue weighted by Gasteiger charge is -2.36. The van der Waals surface area contributed by atoms with Crippen molar-refractivity contribution < 1.29 is 24.2 Å². The van der Waals surface area contributed by atoms with Crippen molar-refractivity contribution in [3.63, 3.8) is 0 Å². The number of hydrogen-bond acceptors (Lipinski definition) is 6. The smallest absolute Gasteiger partial charge is 0.329 e. The highest BCUT2D eigenvalue weighted by Gasteiger charge is 2.38. The van der Waals surface area contributed by atoms with Gasteiger partial charge in [-0.3, -0.25) is 4.79 Å². The van der Waals surface area contributed by atoms with Crippen LogP contribution in [0.25, 0.3) is 0 Å². The van der Waals surface area contributed by atoms with Gasteiger partial charge in [0.05, 0.1) is 29.2 Å². The van der Waals surface area contributed by atoms with E-state index in [1.54, 1.807) is 25.6 Å². The number of amides is 1. The lowest BCUT2D eigenvalue weighted by atomic mass is 9.84. The third-order valence-corrected chi connectivity index (χ3v) is 8.46. The number of nitrogens with one attached hydrogen (secondary N) is 1. The number of carbonyl (C=O) groups is 2. The highest BCUT2D eigenvalue weighted by molar-refractivity contribution is 8.00. The second kappa shape index (κ2) is 14.7. The normalized spacial score (nSPS) is 12.9. The van der Waals surface area contributed by atoms with Crippen molar-refractivity contribution in [1.29, 1.82) is 0 Å². The fourth-order valence-corrected chi connectivity index (χ4v) is 6.08. The molecule has 3 rings (SSSR count). The van der Waals surface area contributed by atoms with E-state index in [2.05, 4.69) is 41.7 Å². The fourth-order valence-electron chi connectivity index (χ4n) is 4.54. The highest BCUT2D eigenvalue weighted by Crippen LogP contribution is 2.48. The first kappa shape index (κ1) is 32.4. The van der Waals surface area contributed by atoms with E-state index in [0.29, 0.717) is 25.2 Å². The van der Waals surface area contributed by atoms with Crippen LogP contribution in [-0.2, 0) is 23.8 Å². The summed E-state index contributed by atoms with van der Waals surface area (Å²) in [5, 5.41) is 12.7. The number of thioether (sulfide) groups is 1. The molecular weight excluding hydrogens is 534 g/mol. The number of benzene rings is 3. The Morgan fingerprint density at radius 1 is 0.780 bits per heavy atom. The molecule has 0 aliphatic rings. The third kappa shape index (κ3) is 9.73. The van der Waals surface area contributed by atoms with Crippen LogP contribution in [0.15, 0.2) is 91.0 Å². The van der Waals surface area contributed by atoms with Gasteiger partial charge in [0.2, 0.25) is 5.91 Å². The number of rotatable bonds is 15. The topological polar surface area (TPSA) is 84.9 Å². The molecule has 1 amide bonds. The zero-order valence-electron chi connectivity index (χ0n) is 24.8. The molecule has 0 aliphatic carbocycles. The van der Waals surface area contributed by atoms with E-state index in [1.165, 1.54) is 6.92 Å². The Hall–Kier alpha value is -3.13. The van der Waals surface area contributed by atoms with Crippen LogP contribution < -0.4 is 5.32 Å². The standard InChI is InChI=1S/C34H43NO5S/c1-26(36)35-30(31(37)39-23-22-33(4,5)40-24-21-32(2,3)38)25-41-34(27-15-9-6-10-16-27,28-17-11-7-12-18-28)29-19-13-8-14-20-29/h6-20,30,38H,21-25H2,1-5H3,(H,35,36)/t30-/m0/s1. The summed E-state index contributed by atoms with van der Waals surface area (Å²) in [6.45, 7) is 9.30. The maximum absolute atomic E-state index is 13.3. The number of hydrogen-bond donors (Lipinski definition) is 2. The maximum Gasteiger partial charge on any atom is 0.329 e. The molecule has 0 unspecified atom stereocenters. The fraction of sp³-hybridized carbons (Fsp3) is 0.412. The molecule has 7 heteroatoms. The summed E-state index contributed by atoms with van der Waals surface area (Å²) in [7, 11) is 0. The van der Waals surface area contributed by atoms with Crippen molar-refractivity contribution in [1.82, 2.24) is 5.32 Å². The minimum absolute atomic E-state index is 0.149. The summed E-state index contributed by atoms with van der Waals surface area (Å²) in [6, 6.07) is 29.8. The van der Waals surface area contributed by atoms with E-state index in [0.717, 1.165) is 16.7 Å². The van der Waals surface area contributed by atoms with Gasteiger partial charge in [0.25, 0.3) is 0 Å². The largest absolute Gasteiger partial charge is 0.464 e. The Morgan fingerprint density at radius 2 is 1.24 bits per heavy atom. The van der Waals surface area contributed by atoms with Gasteiger partial charge in [-0.15, -0.1) is 11.8 Å². The Bertz CT molecular complexity index is 1130. The number of aliphatic hydroxyl groups is 1. The Labute approximate surface area is 248 Å². The Kier molecular flexibility index (Phi) is 11.6. The average molecular weight is 578 g/mol. The van der Waals surface area contributed by atoms with Crippen LogP contribution in [0, 0.1) is 0 Å². The summed E-state index contributed by atoms with van der Waals surface area (Å²) in [6.07, 6.45) is 0.983. The molecule has 3 aromatic carbocycles. The highest BCUT2D eigenvalue weighted by atomic mass is 32.2. The summed E-state index contributed by atoms with van der Waals surface area (Å²) >= 11 is 1.60. The number of carbonyl (C=O) groups excluding carboxylic acids is 2. The van der Waals surface area contributed by atoms with Crippen LogP contribution in [0.4, 0.5) is 0 Å². The van der Waals surface area contributed by atoms with Gasteiger partial charge in [-0.2, -0.15) is 0 Å². The third-order valence-electron chi connectivity index (χ3n) is 6.82. The van der Waals surface area contributed by atoms with Gasteiger partial charge in [0.1, 0.15) is 6.04 Å². The molecule has 0 spiro atoms. The average Bonchev–Trinajstić information content (AvgIpc) is 2.93. The quantitative estimate of drug-likeness (QED) is 0.168. The van der Waals surface area contributed by atoms with Crippen molar-refractivity contribution in [3.05, 3.63) is 108 Å². The van der Waals surface area contributed by atoms with Crippen LogP contribution in [0.2, 0.25) is 0 Å². The molecule has 2 N–H and O–H groups in total. The molecule has 0 saturated heterocycles. The summed E-state index contributed by atoms with van der Waals surface area (Å²) in [4.78, 5) is 25.5. The molecule has 0 aromatic heterocycles. The second-order valence-electron chi connectivity index (χ2n) is 11.4. The molecule has 0 aliphatic heterocycles. The molecule has 0 heterocycles. The van der Waals surface area contributed by atoms with E-state index >= 15 is 0 Å². The van der Waals surface area contributed by atoms with Crippen molar-refractivity contribution in [2.75, 3.05) is 19.0 Å². The van der Waals surface area contributed by atoms with Crippen LogP contribution in [0.3, 0.4) is 0 Å². The van der Waals surface area contributed by atoms with Gasteiger partial charge >= 0.3 is 5.97 Å². The Balaban J connectivity index is 1.81. The van der Waals surface area contributed by atoms with E-state index in [1.807, 2.05) is 68.4 Å². The van der Waals surface area contributed by atoms with Gasteiger partial charge in [0, 0.05) is 19.1 Å². The molecule has 220 valence electrons. The maximum atomic E-state index is 13.3. The number of esters is 1. The molecule has 3 aromatic rings. The molecule has 0 radical (unpaired) electrons. The van der Waals surface area contributed by atoms with Crippen molar-refractivity contribution in [2.24, 2.45) is 0 Å². The second-order valence-corrected chi connectivity index (χ2v) is 12.7. The summed E-state index contributed by atoms with van der Waals surface area (Å²) in [5.41, 5.74) is 1.87. The summed E-state index contributed by atoms with van der Waals surface area (Å²) in [5.74, 6) is -0.488. The van der Waals surface area contributed by atoms with Gasteiger partial charge in [-0.05, 0) is 50.8 Å².